The monoisotopic (exact) mass is 414 g/mol. The Labute approximate surface area is 173 Å². The molecule has 30 heavy (non-hydrogen) atoms. The lowest BCUT2D eigenvalue weighted by atomic mass is 9.99. The van der Waals surface area contributed by atoms with Crippen molar-refractivity contribution in [1.29, 1.82) is 0 Å². The van der Waals surface area contributed by atoms with E-state index in [-0.39, 0.29) is 0 Å². The van der Waals surface area contributed by atoms with E-state index in [1.54, 1.807) is 12.4 Å². The molecule has 4 rings (SSSR count). The number of aryl methyl sites for hydroxylation is 2. The number of nitrogens with zero attached hydrogens (tertiary/aromatic N) is 2. The normalized spacial score (nSPS) is 26.8. The number of aliphatic hydroxyl groups is 4. The van der Waals surface area contributed by atoms with Crippen LogP contribution in [0.3, 0.4) is 0 Å². The molecule has 5 atom stereocenters. The minimum atomic E-state index is -1.51. The van der Waals surface area contributed by atoms with E-state index in [4.69, 9.17) is 9.47 Å². The number of fused-ring (bicyclic) bond motifs is 1. The van der Waals surface area contributed by atoms with Gasteiger partial charge in [-0.2, -0.15) is 0 Å². The molecule has 2 aromatic carbocycles. The van der Waals surface area contributed by atoms with Crippen molar-refractivity contribution in [2.75, 3.05) is 6.61 Å². The van der Waals surface area contributed by atoms with Crippen LogP contribution in [0.25, 0.3) is 16.7 Å². The van der Waals surface area contributed by atoms with E-state index in [1.165, 1.54) is 5.56 Å². The Bertz CT molecular complexity index is 1020. The summed E-state index contributed by atoms with van der Waals surface area (Å²) in [5.74, 6) is 0.409. The van der Waals surface area contributed by atoms with Crippen LogP contribution in [0.4, 0.5) is 0 Å². The fourth-order valence-electron chi connectivity index (χ4n) is 3.71. The second-order valence-corrected chi connectivity index (χ2v) is 7.58. The van der Waals surface area contributed by atoms with Crippen LogP contribution in [-0.2, 0) is 11.2 Å². The molecule has 1 unspecified atom stereocenters. The molecule has 0 radical (unpaired) electrons. The van der Waals surface area contributed by atoms with Crippen molar-refractivity contribution in [1.82, 2.24) is 9.55 Å². The molecule has 1 aromatic heterocycles. The van der Waals surface area contributed by atoms with Gasteiger partial charge in [-0.25, -0.2) is 4.98 Å². The molecule has 0 spiro atoms. The summed E-state index contributed by atoms with van der Waals surface area (Å²) < 4.78 is 13.4. The Hall–Kier alpha value is -2.49. The summed E-state index contributed by atoms with van der Waals surface area (Å²) in [6.07, 6.45) is -4.10. The van der Waals surface area contributed by atoms with Crippen molar-refractivity contribution in [3.8, 4) is 11.4 Å². The van der Waals surface area contributed by atoms with Gasteiger partial charge in [0.1, 0.15) is 42.0 Å². The average Bonchev–Trinajstić information content (AvgIpc) is 3.18. The molecular formula is C22H26N2O6. The molecule has 0 aliphatic carbocycles. The zero-order valence-corrected chi connectivity index (χ0v) is 16.8. The van der Waals surface area contributed by atoms with Gasteiger partial charge in [0.2, 0.25) is 6.29 Å². The van der Waals surface area contributed by atoms with Gasteiger partial charge in [-0.1, -0.05) is 19.1 Å². The highest BCUT2D eigenvalue weighted by Crippen LogP contribution is 2.32. The molecule has 3 aromatic rings. The molecule has 2 heterocycles. The summed E-state index contributed by atoms with van der Waals surface area (Å²) in [5.41, 5.74) is 4.40. The number of aliphatic hydroxyl groups excluding tert-OH is 4. The highest BCUT2D eigenvalue weighted by atomic mass is 16.7. The largest absolute Gasteiger partial charge is 0.460 e. The number of aromatic nitrogens is 2. The lowest BCUT2D eigenvalue weighted by molar-refractivity contribution is -0.277. The summed E-state index contributed by atoms with van der Waals surface area (Å²) in [6.45, 7) is 3.47. The van der Waals surface area contributed by atoms with Gasteiger partial charge in [0.05, 0.1) is 12.1 Å². The van der Waals surface area contributed by atoms with Crippen LogP contribution in [0, 0.1) is 6.92 Å². The summed E-state index contributed by atoms with van der Waals surface area (Å²) in [5, 5.41) is 39.8. The van der Waals surface area contributed by atoms with E-state index in [0.717, 1.165) is 17.7 Å². The van der Waals surface area contributed by atoms with Gasteiger partial charge in [0.25, 0.3) is 0 Å². The average molecular weight is 414 g/mol. The third kappa shape index (κ3) is 3.68. The van der Waals surface area contributed by atoms with Crippen LogP contribution < -0.4 is 4.74 Å². The van der Waals surface area contributed by atoms with Crippen molar-refractivity contribution >= 4 is 11.0 Å². The molecule has 8 heteroatoms. The number of hydrogen-bond donors (Lipinski definition) is 4. The van der Waals surface area contributed by atoms with Gasteiger partial charge in [0, 0.05) is 5.69 Å². The van der Waals surface area contributed by atoms with Crippen molar-refractivity contribution < 1.29 is 29.9 Å². The Morgan fingerprint density at radius 1 is 1.07 bits per heavy atom. The number of benzene rings is 2. The minimum absolute atomic E-state index is 0.409. The van der Waals surface area contributed by atoms with Crippen LogP contribution in [0.5, 0.6) is 5.75 Å². The van der Waals surface area contributed by atoms with Crippen molar-refractivity contribution in [3.05, 3.63) is 53.9 Å². The van der Waals surface area contributed by atoms with E-state index >= 15 is 0 Å². The van der Waals surface area contributed by atoms with Gasteiger partial charge < -0.3 is 29.9 Å². The summed E-state index contributed by atoms with van der Waals surface area (Å²) in [4.78, 5) is 4.48. The fraction of sp³-hybridized carbons (Fsp3) is 0.409. The topological polar surface area (TPSA) is 117 Å². The van der Waals surface area contributed by atoms with Crippen LogP contribution in [0.15, 0.2) is 42.7 Å². The van der Waals surface area contributed by atoms with Gasteiger partial charge in [0.15, 0.2) is 0 Å². The van der Waals surface area contributed by atoms with E-state index in [9.17, 15) is 20.4 Å². The first-order valence-electron chi connectivity index (χ1n) is 9.97. The predicted octanol–water partition coefficient (Wildman–Crippen LogP) is 1.08. The van der Waals surface area contributed by atoms with E-state index < -0.39 is 37.3 Å². The first-order valence-corrected chi connectivity index (χ1v) is 9.97. The molecule has 0 bridgehead atoms. The van der Waals surface area contributed by atoms with Crippen LogP contribution >= 0.6 is 0 Å². The molecule has 0 saturated carbocycles. The fourth-order valence-corrected chi connectivity index (χ4v) is 3.71. The Kier molecular flexibility index (Phi) is 5.77. The molecule has 1 saturated heterocycles. The standard InChI is InChI=1S/C22H26N2O6/c1-3-13-4-6-14(7-5-13)24-11-23-15-8-12(2)9-16(18(15)24)29-22-21(28)20(27)19(26)17(10-25)30-22/h4-9,11,17,19-22,25-28H,3,10H2,1-2H3/t17-,19-,20+,21-,22?/m0/s1. The van der Waals surface area contributed by atoms with Gasteiger partial charge in [-0.3, -0.25) is 4.57 Å². The van der Waals surface area contributed by atoms with Gasteiger partial charge in [-0.15, -0.1) is 0 Å². The number of imidazole rings is 1. The van der Waals surface area contributed by atoms with Crippen LogP contribution in [-0.4, -0.2) is 67.3 Å². The van der Waals surface area contributed by atoms with Crippen molar-refractivity contribution in [2.24, 2.45) is 0 Å². The Morgan fingerprint density at radius 3 is 2.47 bits per heavy atom. The van der Waals surface area contributed by atoms with E-state index in [2.05, 4.69) is 11.9 Å². The zero-order chi connectivity index (χ0) is 21.4. The van der Waals surface area contributed by atoms with Crippen molar-refractivity contribution in [2.45, 2.75) is 51.0 Å². The van der Waals surface area contributed by atoms with Crippen LogP contribution in [0.1, 0.15) is 18.1 Å². The minimum Gasteiger partial charge on any atom is -0.460 e. The molecule has 1 fully saturated rings. The molecule has 0 amide bonds. The highest BCUT2D eigenvalue weighted by Gasteiger charge is 2.45. The Balaban J connectivity index is 1.74. The number of rotatable bonds is 5. The van der Waals surface area contributed by atoms with Crippen LogP contribution in [0.2, 0.25) is 0 Å². The van der Waals surface area contributed by atoms with E-state index in [0.29, 0.717) is 16.8 Å². The number of ether oxygens (including phenoxy) is 2. The summed E-state index contributed by atoms with van der Waals surface area (Å²) in [6, 6.07) is 11.8. The van der Waals surface area contributed by atoms with Crippen molar-refractivity contribution in [3.63, 3.8) is 0 Å². The SMILES string of the molecule is CCc1ccc(-n2cnc3cc(C)cc(OC4O[C@@H](CO)[C@H](O)[C@@H](O)[C@@H]4O)c32)cc1. The summed E-state index contributed by atoms with van der Waals surface area (Å²) in [7, 11) is 0. The van der Waals surface area contributed by atoms with Gasteiger partial charge in [-0.05, 0) is 48.7 Å². The molecule has 1 aliphatic heterocycles. The molecule has 160 valence electrons. The maximum atomic E-state index is 10.4. The molecule has 4 N–H and O–H groups in total. The zero-order valence-electron chi connectivity index (χ0n) is 16.8. The second kappa shape index (κ2) is 8.33. The third-order valence-electron chi connectivity index (χ3n) is 5.47. The third-order valence-corrected chi connectivity index (χ3v) is 5.47. The molecular weight excluding hydrogens is 388 g/mol. The maximum absolute atomic E-state index is 10.4. The summed E-state index contributed by atoms with van der Waals surface area (Å²) >= 11 is 0. The smallest absolute Gasteiger partial charge is 0.229 e. The predicted molar refractivity (Wildman–Crippen MR) is 110 cm³/mol. The number of hydrogen-bond acceptors (Lipinski definition) is 7. The first-order chi connectivity index (χ1) is 14.4. The molecule has 1 aliphatic rings. The van der Waals surface area contributed by atoms with E-state index in [1.807, 2.05) is 41.8 Å². The first kappa shape index (κ1) is 20.8. The Morgan fingerprint density at radius 2 is 1.80 bits per heavy atom. The lowest BCUT2D eigenvalue weighted by Crippen LogP contribution is -2.60. The lowest BCUT2D eigenvalue weighted by Gasteiger charge is -2.39. The molecule has 8 nitrogen and oxygen atoms in total. The highest BCUT2D eigenvalue weighted by molar-refractivity contribution is 5.84. The maximum Gasteiger partial charge on any atom is 0.229 e. The second-order valence-electron chi connectivity index (χ2n) is 7.58. The van der Waals surface area contributed by atoms with Gasteiger partial charge >= 0.3 is 0 Å². The quantitative estimate of drug-likeness (QED) is 0.493.